The highest BCUT2D eigenvalue weighted by Gasteiger charge is 2.13. The highest BCUT2D eigenvalue weighted by atomic mass is 16.3. The fourth-order valence-corrected chi connectivity index (χ4v) is 2.83. The largest absolute Gasteiger partial charge is 0.395 e. The van der Waals surface area contributed by atoms with Crippen LogP contribution in [0.4, 0.5) is 0 Å². The van der Waals surface area contributed by atoms with Crippen LogP contribution >= 0.6 is 0 Å². The maximum atomic E-state index is 10.5. The first-order valence-corrected chi connectivity index (χ1v) is 8.22. The Morgan fingerprint density at radius 2 is 1.74 bits per heavy atom. The number of hydrogen-bond donors (Lipinski definition) is 2. The molecule has 0 heterocycles. The summed E-state index contributed by atoms with van der Waals surface area (Å²) in [6.45, 7) is 6.38. The van der Waals surface area contributed by atoms with Crippen LogP contribution < -0.4 is 0 Å². The zero-order valence-electron chi connectivity index (χ0n) is 14.1. The standard InChI is InChI=1S/C20H27NO2/c1-16-8-9-17(2)19(14-16)20(23)10-11-21(12-13-22)15-18-6-4-3-5-7-18/h3-9,14,20,22-23H,10-13,15H2,1-2H3. The molecule has 0 aliphatic carbocycles. The van der Waals surface area contributed by atoms with Crippen molar-refractivity contribution in [3.05, 3.63) is 70.8 Å². The molecule has 2 N–H and O–H groups in total. The van der Waals surface area contributed by atoms with E-state index in [1.165, 1.54) is 11.1 Å². The van der Waals surface area contributed by atoms with Gasteiger partial charge in [0.15, 0.2) is 0 Å². The summed E-state index contributed by atoms with van der Waals surface area (Å²) in [7, 11) is 0. The van der Waals surface area contributed by atoms with Gasteiger partial charge in [0.05, 0.1) is 12.7 Å². The lowest BCUT2D eigenvalue weighted by atomic mass is 9.99. The third-order valence-electron chi connectivity index (χ3n) is 4.18. The van der Waals surface area contributed by atoms with Crippen molar-refractivity contribution >= 4 is 0 Å². The molecule has 0 bridgehead atoms. The molecule has 124 valence electrons. The molecule has 0 spiro atoms. The predicted molar refractivity (Wildman–Crippen MR) is 94.3 cm³/mol. The van der Waals surface area contributed by atoms with Gasteiger partial charge in [-0.15, -0.1) is 0 Å². The Morgan fingerprint density at radius 3 is 2.43 bits per heavy atom. The molecule has 1 atom stereocenters. The van der Waals surface area contributed by atoms with Crippen molar-refractivity contribution in [2.24, 2.45) is 0 Å². The Hall–Kier alpha value is -1.68. The molecule has 3 nitrogen and oxygen atoms in total. The molecule has 0 saturated heterocycles. The first kappa shape index (κ1) is 17.7. The smallest absolute Gasteiger partial charge is 0.0804 e. The third kappa shape index (κ3) is 5.47. The molecule has 0 saturated carbocycles. The lowest BCUT2D eigenvalue weighted by molar-refractivity contribution is 0.127. The summed E-state index contributed by atoms with van der Waals surface area (Å²) in [4.78, 5) is 2.18. The van der Waals surface area contributed by atoms with Gasteiger partial charge in [0.2, 0.25) is 0 Å². The van der Waals surface area contributed by atoms with E-state index in [1.807, 2.05) is 32.0 Å². The molecule has 23 heavy (non-hydrogen) atoms. The van der Waals surface area contributed by atoms with E-state index in [-0.39, 0.29) is 6.61 Å². The van der Waals surface area contributed by atoms with E-state index in [2.05, 4.69) is 35.2 Å². The molecule has 0 aliphatic rings. The van der Waals surface area contributed by atoms with E-state index in [9.17, 15) is 10.2 Å². The Balaban J connectivity index is 1.96. The molecule has 1 unspecified atom stereocenters. The van der Waals surface area contributed by atoms with Gasteiger partial charge in [-0.05, 0) is 37.0 Å². The molecule has 0 radical (unpaired) electrons. The third-order valence-corrected chi connectivity index (χ3v) is 4.18. The van der Waals surface area contributed by atoms with E-state index in [4.69, 9.17) is 0 Å². The Morgan fingerprint density at radius 1 is 1.00 bits per heavy atom. The maximum Gasteiger partial charge on any atom is 0.0804 e. The summed E-state index contributed by atoms with van der Waals surface area (Å²) in [6.07, 6.45) is 0.198. The van der Waals surface area contributed by atoms with Crippen LogP contribution in [0.15, 0.2) is 48.5 Å². The summed E-state index contributed by atoms with van der Waals surface area (Å²) in [6, 6.07) is 16.4. The molecule has 2 rings (SSSR count). The first-order valence-electron chi connectivity index (χ1n) is 8.22. The first-order chi connectivity index (χ1) is 11.1. The number of aryl methyl sites for hydroxylation is 2. The van der Waals surface area contributed by atoms with E-state index in [0.717, 1.165) is 24.2 Å². The van der Waals surface area contributed by atoms with Crippen molar-refractivity contribution < 1.29 is 10.2 Å². The van der Waals surface area contributed by atoms with Gasteiger partial charge in [0, 0.05) is 19.6 Å². The minimum absolute atomic E-state index is 0.131. The number of rotatable bonds is 8. The number of hydrogen-bond acceptors (Lipinski definition) is 3. The van der Waals surface area contributed by atoms with Crippen LogP contribution in [-0.4, -0.2) is 34.8 Å². The molecule has 2 aromatic rings. The minimum atomic E-state index is -0.466. The molecule has 2 aromatic carbocycles. The topological polar surface area (TPSA) is 43.7 Å². The van der Waals surface area contributed by atoms with Crippen molar-refractivity contribution in [1.29, 1.82) is 0 Å². The van der Waals surface area contributed by atoms with Crippen LogP contribution in [0.1, 0.15) is 34.8 Å². The van der Waals surface area contributed by atoms with Crippen LogP contribution in [0.5, 0.6) is 0 Å². The number of aliphatic hydroxyl groups excluding tert-OH is 2. The lowest BCUT2D eigenvalue weighted by Gasteiger charge is -2.23. The summed E-state index contributed by atoms with van der Waals surface area (Å²) in [5, 5.41) is 19.8. The minimum Gasteiger partial charge on any atom is -0.395 e. The molecule has 0 aliphatic heterocycles. The van der Waals surface area contributed by atoms with Gasteiger partial charge in [0.25, 0.3) is 0 Å². The van der Waals surface area contributed by atoms with Crippen molar-refractivity contribution in [3.63, 3.8) is 0 Å². The SMILES string of the molecule is Cc1ccc(C)c(C(O)CCN(CCO)Cc2ccccc2)c1. The Labute approximate surface area is 139 Å². The van der Waals surface area contributed by atoms with E-state index < -0.39 is 6.10 Å². The molecular formula is C20H27NO2. The molecular weight excluding hydrogens is 286 g/mol. The van der Waals surface area contributed by atoms with Crippen molar-refractivity contribution in [1.82, 2.24) is 4.90 Å². The number of benzene rings is 2. The van der Waals surface area contributed by atoms with Gasteiger partial charge in [-0.2, -0.15) is 0 Å². The van der Waals surface area contributed by atoms with Crippen molar-refractivity contribution in [2.45, 2.75) is 32.9 Å². The summed E-state index contributed by atoms with van der Waals surface area (Å²) in [5.41, 5.74) is 4.52. The van der Waals surface area contributed by atoms with Gasteiger partial charge >= 0.3 is 0 Å². The van der Waals surface area contributed by atoms with Crippen LogP contribution in [0, 0.1) is 13.8 Å². The monoisotopic (exact) mass is 313 g/mol. The fourth-order valence-electron chi connectivity index (χ4n) is 2.83. The van der Waals surface area contributed by atoms with Gasteiger partial charge in [-0.1, -0.05) is 54.1 Å². The molecule has 0 aromatic heterocycles. The van der Waals surface area contributed by atoms with Crippen LogP contribution in [0.25, 0.3) is 0 Å². The van der Waals surface area contributed by atoms with Gasteiger partial charge in [-0.25, -0.2) is 0 Å². The van der Waals surface area contributed by atoms with Crippen LogP contribution in [0.2, 0.25) is 0 Å². The average Bonchev–Trinajstić information content (AvgIpc) is 2.56. The van der Waals surface area contributed by atoms with Crippen LogP contribution in [-0.2, 0) is 6.54 Å². The summed E-state index contributed by atoms with van der Waals surface area (Å²) >= 11 is 0. The fraction of sp³-hybridized carbons (Fsp3) is 0.400. The average molecular weight is 313 g/mol. The van der Waals surface area contributed by atoms with E-state index >= 15 is 0 Å². The molecule has 3 heteroatoms. The quantitative estimate of drug-likeness (QED) is 0.786. The van der Waals surface area contributed by atoms with Crippen molar-refractivity contribution in [3.8, 4) is 0 Å². The predicted octanol–water partition coefficient (Wildman–Crippen LogP) is 3.22. The van der Waals surface area contributed by atoms with E-state index in [1.54, 1.807) is 0 Å². The van der Waals surface area contributed by atoms with Gasteiger partial charge < -0.3 is 10.2 Å². The second-order valence-electron chi connectivity index (χ2n) is 6.15. The highest BCUT2D eigenvalue weighted by Crippen LogP contribution is 2.22. The Kier molecular flexibility index (Phi) is 6.78. The second-order valence-corrected chi connectivity index (χ2v) is 6.15. The molecule has 0 fully saturated rings. The number of aliphatic hydroxyl groups is 2. The normalized spacial score (nSPS) is 12.6. The summed E-state index contributed by atoms with van der Waals surface area (Å²) in [5.74, 6) is 0. The van der Waals surface area contributed by atoms with Gasteiger partial charge in [-0.3, -0.25) is 4.90 Å². The van der Waals surface area contributed by atoms with E-state index in [0.29, 0.717) is 13.0 Å². The van der Waals surface area contributed by atoms with Crippen molar-refractivity contribution in [2.75, 3.05) is 19.7 Å². The molecule has 0 amide bonds. The number of nitrogens with zero attached hydrogens (tertiary/aromatic N) is 1. The zero-order chi connectivity index (χ0) is 16.7. The van der Waals surface area contributed by atoms with Crippen LogP contribution in [0.3, 0.4) is 0 Å². The lowest BCUT2D eigenvalue weighted by Crippen LogP contribution is -2.28. The summed E-state index contributed by atoms with van der Waals surface area (Å²) < 4.78 is 0. The van der Waals surface area contributed by atoms with Gasteiger partial charge in [0.1, 0.15) is 0 Å². The zero-order valence-corrected chi connectivity index (χ0v) is 14.1. The highest BCUT2D eigenvalue weighted by molar-refractivity contribution is 5.32. The second kappa shape index (κ2) is 8.82. The maximum absolute atomic E-state index is 10.5. The Bertz CT molecular complexity index is 598.